The van der Waals surface area contributed by atoms with Gasteiger partial charge in [0, 0.05) is 45.1 Å². The summed E-state index contributed by atoms with van der Waals surface area (Å²) in [5, 5.41) is 2.90. The Morgan fingerprint density at radius 1 is 1.26 bits per heavy atom. The topological polar surface area (TPSA) is 61.4 Å². The van der Waals surface area contributed by atoms with Crippen LogP contribution in [0.3, 0.4) is 0 Å². The molecule has 0 saturated carbocycles. The lowest BCUT2D eigenvalue weighted by Gasteiger charge is -2.34. The van der Waals surface area contributed by atoms with Gasteiger partial charge in [-0.15, -0.1) is 0 Å². The van der Waals surface area contributed by atoms with Gasteiger partial charge in [-0.3, -0.25) is 9.69 Å². The van der Waals surface area contributed by atoms with Gasteiger partial charge in [-0.2, -0.15) is 0 Å². The lowest BCUT2D eigenvalue weighted by atomic mass is 10.3. The number of rotatable bonds is 5. The summed E-state index contributed by atoms with van der Waals surface area (Å²) >= 11 is 0. The fraction of sp³-hybridized carbons (Fsp3) is 0.615. The van der Waals surface area contributed by atoms with E-state index in [0.29, 0.717) is 6.54 Å². The number of hydrogen-bond acceptors (Lipinski definition) is 5. The summed E-state index contributed by atoms with van der Waals surface area (Å²) in [4.78, 5) is 24.4. The summed E-state index contributed by atoms with van der Waals surface area (Å²) in [5.74, 6) is 0.892. The third kappa shape index (κ3) is 4.17. The molecule has 0 aliphatic carbocycles. The highest BCUT2D eigenvalue weighted by atomic mass is 16.2. The van der Waals surface area contributed by atoms with Gasteiger partial charge in [0.15, 0.2) is 0 Å². The van der Waals surface area contributed by atoms with Crippen LogP contribution in [0.1, 0.15) is 13.3 Å². The lowest BCUT2D eigenvalue weighted by Crippen LogP contribution is -2.50. The van der Waals surface area contributed by atoms with Crippen LogP contribution in [-0.4, -0.2) is 60.0 Å². The minimum absolute atomic E-state index is 0.117. The van der Waals surface area contributed by atoms with Gasteiger partial charge in [0.2, 0.25) is 11.9 Å². The van der Waals surface area contributed by atoms with E-state index in [1.165, 1.54) is 0 Å². The van der Waals surface area contributed by atoms with E-state index >= 15 is 0 Å². The summed E-state index contributed by atoms with van der Waals surface area (Å²) in [5.41, 5.74) is 0. The minimum Gasteiger partial charge on any atom is -0.355 e. The maximum atomic E-state index is 11.6. The molecular weight excluding hydrogens is 242 g/mol. The van der Waals surface area contributed by atoms with Gasteiger partial charge in [-0.05, 0) is 12.5 Å². The summed E-state index contributed by atoms with van der Waals surface area (Å²) in [6.07, 6.45) is 4.49. The van der Waals surface area contributed by atoms with E-state index in [0.717, 1.165) is 45.1 Å². The third-order valence-corrected chi connectivity index (χ3v) is 3.15. The van der Waals surface area contributed by atoms with Crippen molar-refractivity contribution in [3.63, 3.8) is 0 Å². The van der Waals surface area contributed by atoms with Crippen LogP contribution in [0.5, 0.6) is 0 Å². The highest BCUT2D eigenvalue weighted by molar-refractivity contribution is 5.78. The van der Waals surface area contributed by atoms with Crippen LogP contribution in [0.2, 0.25) is 0 Å². The zero-order valence-electron chi connectivity index (χ0n) is 11.4. The molecule has 2 heterocycles. The number of nitrogens with one attached hydrogen (secondary N) is 1. The van der Waals surface area contributed by atoms with E-state index in [9.17, 15) is 4.79 Å². The van der Waals surface area contributed by atoms with E-state index in [-0.39, 0.29) is 5.91 Å². The van der Waals surface area contributed by atoms with Crippen LogP contribution >= 0.6 is 0 Å². The first kappa shape index (κ1) is 13.7. The molecule has 104 valence electrons. The third-order valence-electron chi connectivity index (χ3n) is 3.15. The molecule has 0 unspecified atom stereocenters. The number of piperazine rings is 1. The van der Waals surface area contributed by atoms with Crippen LogP contribution in [0.15, 0.2) is 18.5 Å². The molecule has 6 heteroatoms. The van der Waals surface area contributed by atoms with Crippen LogP contribution in [-0.2, 0) is 4.79 Å². The lowest BCUT2D eigenvalue weighted by molar-refractivity contribution is -0.122. The quantitative estimate of drug-likeness (QED) is 0.818. The summed E-state index contributed by atoms with van der Waals surface area (Å²) in [7, 11) is 0. The molecule has 0 aromatic carbocycles. The first-order chi connectivity index (χ1) is 9.29. The Kier molecular flexibility index (Phi) is 5.09. The van der Waals surface area contributed by atoms with Crippen molar-refractivity contribution in [2.75, 3.05) is 44.2 Å². The minimum atomic E-state index is 0.117. The second kappa shape index (κ2) is 7.04. The van der Waals surface area contributed by atoms with Gasteiger partial charge in [0.25, 0.3) is 0 Å². The van der Waals surface area contributed by atoms with Gasteiger partial charge in [-0.1, -0.05) is 6.92 Å². The first-order valence-electron chi connectivity index (χ1n) is 6.80. The van der Waals surface area contributed by atoms with E-state index in [1.807, 2.05) is 6.07 Å². The molecule has 6 nitrogen and oxygen atoms in total. The Morgan fingerprint density at radius 2 is 1.95 bits per heavy atom. The average Bonchev–Trinajstić information content (AvgIpc) is 2.47. The Labute approximate surface area is 113 Å². The molecule has 1 aliphatic rings. The van der Waals surface area contributed by atoms with E-state index < -0.39 is 0 Å². The number of carbonyl (C=O) groups excluding carboxylic acids is 1. The first-order valence-corrected chi connectivity index (χ1v) is 6.80. The number of aromatic nitrogens is 2. The highest BCUT2D eigenvalue weighted by Crippen LogP contribution is 2.09. The standard InChI is InChI=1S/C13H21N5O/c1-2-4-14-12(19)11-17-7-9-18(10-8-17)13-15-5-3-6-16-13/h3,5-6H,2,4,7-11H2,1H3,(H,14,19). The SMILES string of the molecule is CCCNC(=O)CN1CCN(c2ncccn2)CC1. The maximum Gasteiger partial charge on any atom is 0.234 e. The number of carbonyl (C=O) groups is 1. The molecule has 1 amide bonds. The molecule has 2 rings (SSSR count). The van der Waals surface area contributed by atoms with E-state index in [4.69, 9.17) is 0 Å². The summed E-state index contributed by atoms with van der Waals surface area (Å²) < 4.78 is 0. The monoisotopic (exact) mass is 263 g/mol. The summed E-state index contributed by atoms with van der Waals surface area (Å²) in [6, 6.07) is 1.82. The van der Waals surface area contributed by atoms with E-state index in [2.05, 4.69) is 32.0 Å². The van der Waals surface area contributed by atoms with Crippen molar-refractivity contribution in [3.05, 3.63) is 18.5 Å². The second-order valence-electron chi connectivity index (χ2n) is 4.66. The fourth-order valence-corrected chi connectivity index (χ4v) is 2.08. The molecule has 1 aliphatic heterocycles. The van der Waals surface area contributed by atoms with Gasteiger partial charge in [0.05, 0.1) is 6.54 Å². The van der Waals surface area contributed by atoms with Crippen LogP contribution < -0.4 is 10.2 Å². The molecule has 0 bridgehead atoms. The Bertz CT molecular complexity index is 389. The number of anilines is 1. The van der Waals surface area contributed by atoms with Crippen LogP contribution in [0.4, 0.5) is 5.95 Å². The Balaban J connectivity index is 1.75. The molecule has 1 fully saturated rings. The van der Waals surface area contributed by atoms with Crippen LogP contribution in [0.25, 0.3) is 0 Å². The smallest absolute Gasteiger partial charge is 0.234 e. The molecule has 0 spiro atoms. The van der Waals surface area contributed by atoms with Crippen molar-refractivity contribution in [1.82, 2.24) is 20.2 Å². The molecule has 0 atom stereocenters. The zero-order valence-corrected chi connectivity index (χ0v) is 11.4. The molecule has 0 radical (unpaired) electrons. The summed E-state index contributed by atoms with van der Waals surface area (Å²) in [6.45, 7) is 6.78. The van der Waals surface area contributed by atoms with Crippen molar-refractivity contribution in [2.24, 2.45) is 0 Å². The van der Waals surface area contributed by atoms with E-state index in [1.54, 1.807) is 12.4 Å². The molecular formula is C13H21N5O. The Hall–Kier alpha value is -1.69. The Morgan fingerprint density at radius 3 is 2.58 bits per heavy atom. The molecule has 1 aromatic rings. The zero-order chi connectivity index (χ0) is 13.5. The molecule has 19 heavy (non-hydrogen) atoms. The largest absolute Gasteiger partial charge is 0.355 e. The number of nitrogens with zero attached hydrogens (tertiary/aromatic N) is 4. The van der Waals surface area contributed by atoms with Crippen LogP contribution in [0, 0.1) is 0 Å². The number of amides is 1. The average molecular weight is 263 g/mol. The fourth-order valence-electron chi connectivity index (χ4n) is 2.08. The second-order valence-corrected chi connectivity index (χ2v) is 4.66. The van der Waals surface area contributed by atoms with Gasteiger partial charge in [-0.25, -0.2) is 9.97 Å². The van der Waals surface area contributed by atoms with Gasteiger partial charge >= 0.3 is 0 Å². The predicted molar refractivity (Wildman–Crippen MR) is 74.0 cm³/mol. The van der Waals surface area contributed by atoms with Gasteiger partial charge < -0.3 is 10.2 Å². The molecule has 1 saturated heterocycles. The van der Waals surface area contributed by atoms with Crippen molar-refractivity contribution < 1.29 is 4.79 Å². The maximum absolute atomic E-state index is 11.6. The van der Waals surface area contributed by atoms with Crippen molar-refractivity contribution in [3.8, 4) is 0 Å². The van der Waals surface area contributed by atoms with Crippen molar-refractivity contribution >= 4 is 11.9 Å². The van der Waals surface area contributed by atoms with Crippen molar-refractivity contribution in [1.29, 1.82) is 0 Å². The molecule has 1 N–H and O–H groups in total. The predicted octanol–water partition coefficient (Wildman–Crippen LogP) is 0.125. The normalized spacial score (nSPS) is 16.4. The highest BCUT2D eigenvalue weighted by Gasteiger charge is 2.20. The molecule has 1 aromatic heterocycles. The number of hydrogen-bond donors (Lipinski definition) is 1. The van der Waals surface area contributed by atoms with Gasteiger partial charge in [0.1, 0.15) is 0 Å². The van der Waals surface area contributed by atoms with Crippen molar-refractivity contribution in [2.45, 2.75) is 13.3 Å².